The fraction of sp³-hybridized carbons (Fsp3) is 0.533. The van der Waals surface area contributed by atoms with Crippen LogP contribution in [0.1, 0.15) is 32.8 Å². The van der Waals surface area contributed by atoms with Crippen molar-refractivity contribution in [1.29, 1.82) is 0 Å². The van der Waals surface area contributed by atoms with E-state index in [1.165, 1.54) is 6.07 Å². The molecule has 0 fully saturated rings. The summed E-state index contributed by atoms with van der Waals surface area (Å²) >= 11 is 0. The third-order valence-corrected chi connectivity index (χ3v) is 3.08. The SMILES string of the molecule is CCC(C)NC(=O)C(C)Oc1c(F)cccc1CNC. The zero-order valence-corrected chi connectivity index (χ0v) is 12.5. The average Bonchev–Trinajstić information content (AvgIpc) is 2.42. The topological polar surface area (TPSA) is 50.4 Å². The van der Waals surface area contributed by atoms with E-state index in [2.05, 4.69) is 10.6 Å². The van der Waals surface area contributed by atoms with Crippen LogP contribution in [0.4, 0.5) is 4.39 Å². The summed E-state index contributed by atoms with van der Waals surface area (Å²) in [5.74, 6) is -0.562. The molecule has 0 aromatic heterocycles. The van der Waals surface area contributed by atoms with Crippen LogP contribution in [0.2, 0.25) is 0 Å². The number of ether oxygens (including phenoxy) is 1. The van der Waals surface area contributed by atoms with Crippen LogP contribution in [0.3, 0.4) is 0 Å². The summed E-state index contributed by atoms with van der Waals surface area (Å²) in [6.45, 7) is 6.00. The fourth-order valence-corrected chi connectivity index (χ4v) is 1.71. The Kier molecular flexibility index (Phi) is 6.45. The van der Waals surface area contributed by atoms with Gasteiger partial charge in [-0.15, -0.1) is 0 Å². The third kappa shape index (κ3) is 4.49. The number of carbonyl (C=O) groups excluding carboxylic acids is 1. The zero-order valence-electron chi connectivity index (χ0n) is 12.5. The van der Waals surface area contributed by atoms with E-state index >= 15 is 0 Å². The largest absolute Gasteiger partial charge is 0.477 e. The van der Waals surface area contributed by atoms with Gasteiger partial charge in [0.1, 0.15) is 0 Å². The van der Waals surface area contributed by atoms with E-state index < -0.39 is 11.9 Å². The zero-order chi connectivity index (χ0) is 15.1. The highest BCUT2D eigenvalue weighted by Crippen LogP contribution is 2.23. The van der Waals surface area contributed by atoms with Crippen LogP contribution in [0.5, 0.6) is 5.75 Å². The Balaban J connectivity index is 2.79. The Morgan fingerprint density at radius 1 is 1.40 bits per heavy atom. The van der Waals surface area contributed by atoms with Gasteiger partial charge in [-0.25, -0.2) is 4.39 Å². The van der Waals surface area contributed by atoms with Crippen molar-refractivity contribution in [3.63, 3.8) is 0 Å². The van der Waals surface area contributed by atoms with Crippen LogP contribution < -0.4 is 15.4 Å². The second kappa shape index (κ2) is 7.85. The lowest BCUT2D eigenvalue weighted by Crippen LogP contribution is -2.41. The number of nitrogens with one attached hydrogen (secondary N) is 2. The average molecular weight is 282 g/mol. The van der Waals surface area contributed by atoms with E-state index in [0.717, 1.165) is 6.42 Å². The number of hydrogen-bond donors (Lipinski definition) is 2. The normalized spacial score (nSPS) is 13.7. The van der Waals surface area contributed by atoms with Gasteiger partial charge >= 0.3 is 0 Å². The minimum absolute atomic E-state index is 0.0750. The quantitative estimate of drug-likeness (QED) is 0.806. The lowest BCUT2D eigenvalue weighted by Gasteiger charge is -2.19. The van der Waals surface area contributed by atoms with E-state index in [0.29, 0.717) is 12.1 Å². The lowest BCUT2D eigenvalue weighted by atomic mass is 10.2. The molecule has 20 heavy (non-hydrogen) atoms. The molecule has 112 valence electrons. The summed E-state index contributed by atoms with van der Waals surface area (Å²) < 4.78 is 19.4. The molecule has 2 N–H and O–H groups in total. The molecular formula is C15H23FN2O2. The number of benzene rings is 1. The molecule has 0 aliphatic carbocycles. The van der Waals surface area contributed by atoms with Gasteiger partial charge in [0.25, 0.3) is 5.91 Å². The van der Waals surface area contributed by atoms with Gasteiger partial charge in [-0.3, -0.25) is 4.79 Å². The molecule has 2 atom stereocenters. The van der Waals surface area contributed by atoms with Crippen molar-refractivity contribution in [2.75, 3.05) is 7.05 Å². The minimum Gasteiger partial charge on any atom is -0.477 e. The maximum absolute atomic E-state index is 13.8. The molecule has 0 saturated carbocycles. The molecule has 0 spiro atoms. The molecule has 1 aromatic carbocycles. The molecule has 1 aromatic rings. The molecule has 2 unspecified atom stereocenters. The maximum Gasteiger partial charge on any atom is 0.260 e. The first kappa shape index (κ1) is 16.4. The van der Waals surface area contributed by atoms with E-state index in [1.54, 1.807) is 26.1 Å². The van der Waals surface area contributed by atoms with Crippen LogP contribution in [0, 0.1) is 5.82 Å². The van der Waals surface area contributed by atoms with Crippen LogP contribution in [-0.4, -0.2) is 25.1 Å². The highest BCUT2D eigenvalue weighted by Gasteiger charge is 2.19. The maximum atomic E-state index is 13.8. The molecule has 5 heteroatoms. The molecule has 0 aliphatic rings. The Hall–Kier alpha value is -1.62. The predicted molar refractivity (Wildman–Crippen MR) is 77.1 cm³/mol. The van der Waals surface area contributed by atoms with Crippen molar-refractivity contribution < 1.29 is 13.9 Å². The third-order valence-electron chi connectivity index (χ3n) is 3.08. The number of hydrogen-bond acceptors (Lipinski definition) is 3. The van der Waals surface area contributed by atoms with E-state index in [1.807, 2.05) is 13.8 Å². The second-order valence-corrected chi connectivity index (χ2v) is 4.84. The Labute approximate surface area is 119 Å². The smallest absolute Gasteiger partial charge is 0.260 e. The van der Waals surface area contributed by atoms with Crippen LogP contribution in [0.25, 0.3) is 0 Å². The van der Waals surface area contributed by atoms with Gasteiger partial charge in [-0.05, 0) is 33.4 Å². The number of rotatable bonds is 7. The Morgan fingerprint density at radius 3 is 2.70 bits per heavy atom. The van der Waals surface area contributed by atoms with Gasteiger partial charge in [0.05, 0.1) is 0 Å². The number of halogens is 1. The Morgan fingerprint density at radius 2 is 2.10 bits per heavy atom. The van der Waals surface area contributed by atoms with Gasteiger partial charge in [0.2, 0.25) is 0 Å². The van der Waals surface area contributed by atoms with E-state index in [4.69, 9.17) is 4.74 Å². The van der Waals surface area contributed by atoms with E-state index in [9.17, 15) is 9.18 Å². The van der Waals surface area contributed by atoms with Gasteiger partial charge in [0.15, 0.2) is 17.7 Å². The summed E-state index contributed by atoms with van der Waals surface area (Å²) in [7, 11) is 1.77. The summed E-state index contributed by atoms with van der Waals surface area (Å²) in [5.41, 5.74) is 0.690. The first-order valence-electron chi connectivity index (χ1n) is 6.88. The summed E-state index contributed by atoms with van der Waals surface area (Å²) in [6, 6.07) is 4.80. The molecule has 1 amide bonds. The summed E-state index contributed by atoms with van der Waals surface area (Å²) in [5, 5.41) is 5.77. The fourth-order valence-electron chi connectivity index (χ4n) is 1.71. The van der Waals surface area contributed by atoms with Crippen molar-refractivity contribution in [1.82, 2.24) is 10.6 Å². The molecule has 0 aliphatic heterocycles. The van der Waals surface area contributed by atoms with Crippen LogP contribution in [0.15, 0.2) is 18.2 Å². The number of para-hydroxylation sites is 1. The first-order chi connectivity index (χ1) is 9.49. The number of carbonyl (C=O) groups is 1. The van der Waals surface area contributed by atoms with Gasteiger partial charge < -0.3 is 15.4 Å². The number of amides is 1. The highest BCUT2D eigenvalue weighted by molar-refractivity contribution is 5.81. The Bertz CT molecular complexity index is 451. The molecule has 0 heterocycles. The van der Waals surface area contributed by atoms with Crippen molar-refractivity contribution >= 4 is 5.91 Å². The van der Waals surface area contributed by atoms with Gasteiger partial charge in [0, 0.05) is 18.2 Å². The predicted octanol–water partition coefficient (Wildman–Crippen LogP) is 2.23. The first-order valence-corrected chi connectivity index (χ1v) is 6.88. The highest BCUT2D eigenvalue weighted by atomic mass is 19.1. The van der Waals surface area contributed by atoms with Crippen molar-refractivity contribution in [3.05, 3.63) is 29.6 Å². The molecule has 1 rings (SSSR count). The molecular weight excluding hydrogens is 259 g/mol. The molecule has 0 saturated heterocycles. The molecule has 0 bridgehead atoms. The van der Waals surface area contributed by atoms with E-state index in [-0.39, 0.29) is 17.7 Å². The van der Waals surface area contributed by atoms with Crippen molar-refractivity contribution in [3.8, 4) is 5.75 Å². The molecule has 0 radical (unpaired) electrons. The second-order valence-electron chi connectivity index (χ2n) is 4.84. The van der Waals surface area contributed by atoms with Crippen LogP contribution in [-0.2, 0) is 11.3 Å². The summed E-state index contributed by atoms with van der Waals surface area (Å²) in [6.07, 6.45) is 0.0971. The molecule has 4 nitrogen and oxygen atoms in total. The lowest BCUT2D eigenvalue weighted by molar-refractivity contribution is -0.128. The van der Waals surface area contributed by atoms with Crippen molar-refractivity contribution in [2.24, 2.45) is 0 Å². The monoisotopic (exact) mass is 282 g/mol. The van der Waals surface area contributed by atoms with Gasteiger partial charge in [-0.1, -0.05) is 19.1 Å². The minimum atomic E-state index is -0.739. The van der Waals surface area contributed by atoms with Crippen molar-refractivity contribution in [2.45, 2.75) is 45.9 Å². The summed E-state index contributed by atoms with van der Waals surface area (Å²) in [4.78, 5) is 11.9. The standard InChI is InChI=1S/C15H23FN2O2/c1-5-10(2)18-15(19)11(3)20-14-12(9-17-4)7-6-8-13(14)16/h6-8,10-11,17H,5,9H2,1-4H3,(H,18,19). The van der Waals surface area contributed by atoms with Gasteiger partial charge in [-0.2, -0.15) is 0 Å². The van der Waals surface area contributed by atoms with Crippen LogP contribution >= 0.6 is 0 Å².